The monoisotopic (exact) mass is 352 g/mol. The summed E-state index contributed by atoms with van der Waals surface area (Å²) in [5, 5.41) is 4.14. The van der Waals surface area contributed by atoms with Crippen molar-refractivity contribution in [3.8, 4) is 0 Å². The number of hydrazone groups is 1. The summed E-state index contributed by atoms with van der Waals surface area (Å²) in [4.78, 5) is 13.4. The van der Waals surface area contributed by atoms with Crippen molar-refractivity contribution in [1.29, 1.82) is 0 Å². The van der Waals surface area contributed by atoms with Crippen LogP contribution >= 0.6 is 11.6 Å². The van der Waals surface area contributed by atoms with Gasteiger partial charge in [0.1, 0.15) is 0 Å². The first-order valence-electron chi connectivity index (χ1n) is 6.41. The average molecular weight is 353 g/mol. The van der Waals surface area contributed by atoms with Crippen molar-refractivity contribution in [3.63, 3.8) is 0 Å². The van der Waals surface area contributed by atoms with Gasteiger partial charge in [0.25, 0.3) is 10.0 Å². The summed E-state index contributed by atoms with van der Waals surface area (Å²) in [6.07, 6.45) is 1.33. The van der Waals surface area contributed by atoms with Crippen LogP contribution in [0, 0.1) is 0 Å². The van der Waals surface area contributed by atoms with Crippen molar-refractivity contribution in [3.05, 3.63) is 64.7 Å². The molecular formula is C15H13ClN2O4S. The van der Waals surface area contributed by atoms with Crippen molar-refractivity contribution in [1.82, 2.24) is 4.83 Å². The molecule has 0 saturated carbocycles. The number of nitrogens with zero attached hydrogens (tertiary/aromatic N) is 1. The average Bonchev–Trinajstić information content (AvgIpc) is 2.55. The number of methoxy groups -OCH3 is 1. The molecule has 120 valence electrons. The number of hydrogen-bond acceptors (Lipinski definition) is 5. The highest BCUT2D eigenvalue weighted by Gasteiger charge is 2.12. The van der Waals surface area contributed by atoms with E-state index in [-0.39, 0.29) is 4.90 Å². The minimum atomic E-state index is -3.75. The lowest BCUT2D eigenvalue weighted by atomic mass is 10.1. The molecule has 1 N–H and O–H groups in total. The van der Waals surface area contributed by atoms with Crippen molar-refractivity contribution in [2.45, 2.75) is 4.90 Å². The third-order valence-electron chi connectivity index (χ3n) is 2.84. The predicted octanol–water partition coefficient (Wildman–Crippen LogP) is 2.44. The van der Waals surface area contributed by atoms with Crippen molar-refractivity contribution in [2.75, 3.05) is 7.11 Å². The van der Waals surface area contributed by atoms with Gasteiger partial charge in [0.05, 0.1) is 23.8 Å². The van der Waals surface area contributed by atoms with Gasteiger partial charge in [0.2, 0.25) is 0 Å². The van der Waals surface area contributed by atoms with Gasteiger partial charge in [-0.25, -0.2) is 9.63 Å². The Balaban J connectivity index is 2.06. The van der Waals surface area contributed by atoms with Crippen LogP contribution in [0.3, 0.4) is 0 Å². The maximum Gasteiger partial charge on any atom is 0.337 e. The van der Waals surface area contributed by atoms with Crippen molar-refractivity contribution in [2.24, 2.45) is 5.10 Å². The van der Waals surface area contributed by atoms with E-state index < -0.39 is 16.0 Å². The van der Waals surface area contributed by atoms with Gasteiger partial charge in [-0.3, -0.25) is 0 Å². The van der Waals surface area contributed by atoms with E-state index >= 15 is 0 Å². The van der Waals surface area contributed by atoms with E-state index in [9.17, 15) is 13.2 Å². The first kappa shape index (κ1) is 17.0. The number of rotatable bonds is 5. The van der Waals surface area contributed by atoms with Crippen LogP contribution in [0.25, 0.3) is 0 Å². The van der Waals surface area contributed by atoms with Crippen LogP contribution in [0.2, 0.25) is 5.02 Å². The lowest BCUT2D eigenvalue weighted by Gasteiger charge is -2.03. The topological polar surface area (TPSA) is 84.8 Å². The van der Waals surface area contributed by atoms with Gasteiger partial charge in [0, 0.05) is 5.02 Å². The summed E-state index contributed by atoms with van der Waals surface area (Å²) in [6.45, 7) is 0. The summed E-state index contributed by atoms with van der Waals surface area (Å²) in [7, 11) is -2.46. The maximum atomic E-state index is 12.0. The fourth-order valence-corrected chi connectivity index (χ4v) is 2.58. The van der Waals surface area contributed by atoms with Gasteiger partial charge < -0.3 is 4.74 Å². The Bertz CT molecular complexity index is 816. The van der Waals surface area contributed by atoms with E-state index in [1.807, 2.05) is 0 Å². The highest BCUT2D eigenvalue weighted by Crippen LogP contribution is 2.13. The molecule has 0 amide bonds. The molecule has 0 aliphatic rings. The summed E-state index contributed by atoms with van der Waals surface area (Å²) in [5.41, 5.74) is 1.02. The highest BCUT2D eigenvalue weighted by molar-refractivity contribution is 7.89. The molecule has 23 heavy (non-hydrogen) atoms. The number of benzene rings is 2. The smallest absolute Gasteiger partial charge is 0.337 e. The van der Waals surface area contributed by atoms with Crippen LogP contribution in [0.5, 0.6) is 0 Å². The van der Waals surface area contributed by atoms with E-state index in [2.05, 4.69) is 14.7 Å². The molecule has 0 aliphatic carbocycles. The second-order valence-electron chi connectivity index (χ2n) is 4.42. The molecular weight excluding hydrogens is 340 g/mol. The molecule has 2 aromatic rings. The number of sulfonamides is 1. The van der Waals surface area contributed by atoms with E-state index in [4.69, 9.17) is 11.6 Å². The summed E-state index contributed by atoms with van der Waals surface area (Å²) in [5.74, 6) is -0.447. The Hall–Kier alpha value is -2.38. The molecule has 2 aromatic carbocycles. The third-order valence-corrected chi connectivity index (χ3v) is 4.33. The van der Waals surface area contributed by atoms with Gasteiger partial charge in [-0.1, -0.05) is 23.7 Å². The lowest BCUT2D eigenvalue weighted by molar-refractivity contribution is 0.0600. The number of esters is 1. The van der Waals surface area contributed by atoms with E-state index in [1.165, 1.54) is 37.6 Å². The molecule has 0 unspecified atom stereocenters. The van der Waals surface area contributed by atoms with Gasteiger partial charge >= 0.3 is 5.97 Å². The fraction of sp³-hybridized carbons (Fsp3) is 0.0667. The minimum Gasteiger partial charge on any atom is -0.465 e. The van der Waals surface area contributed by atoms with Gasteiger partial charge in [-0.2, -0.15) is 13.5 Å². The van der Waals surface area contributed by atoms with Crippen LogP contribution < -0.4 is 4.83 Å². The number of carbonyl (C=O) groups is 1. The number of halogens is 1. The van der Waals surface area contributed by atoms with Crippen LogP contribution in [0.1, 0.15) is 15.9 Å². The van der Waals surface area contributed by atoms with Gasteiger partial charge in [-0.05, 0) is 42.0 Å². The minimum absolute atomic E-state index is 0.0556. The van der Waals surface area contributed by atoms with Crippen LogP contribution in [-0.2, 0) is 14.8 Å². The summed E-state index contributed by atoms with van der Waals surface area (Å²) < 4.78 is 28.6. The summed E-state index contributed by atoms with van der Waals surface area (Å²) >= 11 is 5.71. The van der Waals surface area contributed by atoms with Crippen molar-refractivity contribution < 1.29 is 17.9 Å². The fourth-order valence-electron chi connectivity index (χ4n) is 1.66. The number of carbonyl (C=O) groups excluding carboxylic acids is 1. The largest absolute Gasteiger partial charge is 0.465 e. The zero-order chi connectivity index (χ0) is 16.9. The summed E-state index contributed by atoms with van der Waals surface area (Å²) in [6, 6.07) is 12.1. The molecule has 0 aliphatic heterocycles. The molecule has 0 bridgehead atoms. The predicted molar refractivity (Wildman–Crippen MR) is 87.1 cm³/mol. The quantitative estimate of drug-likeness (QED) is 0.509. The molecule has 2 rings (SSSR count). The van der Waals surface area contributed by atoms with E-state index in [0.717, 1.165) is 0 Å². The molecule has 0 saturated heterocycles. The first-order chi connectivity index (χ1) is 10.9. The van der Waals surface area contributed by atoms with E-state index in [1.54, 1.807) is 24.3 Å². The van der Waals surface area contributed by atoms with E-state index in [0.29, 0.717) is 16.1 Å². The SMILES string of the molecule is COC(=O)c1ccc(/C=N\NS(=O)(=O)c2ccc(Cl)cc2)cc1. The van der Waals surface area contributed by atoms with Crippen molar-refractivity contribution >= 4 is 33.8 Å². The number of hydrogen-bond donors (Lipinski definition) is 1. The zero-order valence-electron chi connectivity index (χ0n) is 12.1. The second kappa shape index (κ2) is 7.26. The molecule has 0 spiro atoms. The molecule has 0 heterocycles. The van der Waals surface area contributed by atoms with Gasteiger partial charge in [0.15, 0.2) is 0 Å². The molecule has 8 heteroatoms. The zero-order valence-corrected chi connectivity index (χ0v) is 13.6. The molecule has 0 radical (unpaired) electrons. The molecule has 0 atom stereocenters. The Morgan fingerprint density at radius 3 is 2.30 bits per heavy atom. The molecule has 0 aromatic heterocycles. The lowest BCUT2D eigenvalue weighted by Crippen LogP contribution is -2.18. The van der Waals surface area contributed by atoms with Crippen LogP contribution in [-0.4, -0.2) is 27.7 Å². The Kier molecular flexibility index (Phi) is 5.36. The van der Waals surface area contributed by atoms with Crippen LogP contribution in [0.4, 0.5) is 0 Å². The normalized spacial score (nSPS) is 11.4. The molecule has 0 fully saturated rings. The van der Waals surface area contributed by atoms with Gasteiger partial charge in [-0.15, -0.1) is 0 Å². The number of nitrogens with one attached hydrogen (secondary N) is 1. The third kappa shape index (κ3) is 4.54. The first-order valence-corrected chi connectivity index (χ1v) is 8.27. The Morgan fingerprint density at radius 2 is 1.74 bits per heavy atom. The highest BCUT2D eigenvalue weighted by atomic mass is 35.5. The molecule has 6 nitrogen and oxygen atoms in total. The second-order valence-corrected chi connectivity index (χ2v) is 6.52. The Labute approximate surface area is 138 Å². The standard InChI is InChI=1S/C15H13ClN2O4S/c1-22-15(19)12-4-2-11(3-5-12)10-17-18-23(20,21)14-8-6-13(16)7-9-14/h2-10,18H,1H3/b17-10-. The maximum absolute atomic E-state index is 12.0. The number of ether oxygens (including phenoxy) is 1. The van der Waals surface area contributed by atoms with Crippen LogP contribution in [0.15, 0.2) is 58.5 Å². The Morgan fingerprint density at radius 1 is 1.13 bits per heavy atom.